The number of hydrogen-bond acceptors (Lipinski definition) is 3. The summed E-state index contributed by atoms with van der Waals surface area (Å²) in [6, 6.07) is 8.12. The van der Waals surface area contributed by atoms with Crippen molar-refractivity contribution < 1.29 is 9.53 Å². The van der Waals surface area contributed by atoms with E-state index in [1.54, 1.807) is 0 Å². The van der Waals surface area contributed by atoms with Gasteiger partial charge in [-0.05, 0) is 23.6 Å². The summed E-state index contributed by atoms with van der Waals surface area (Å²) >= 11 is 0. The van der Waals surface area contributed by atoms with E-state index in [-0.39, 0.29) is 23.3 Å². The van der Waals surface area contributed by atoms with Gasteiger partial charge in [-0.15, -0.1) is 0 Å². The molecule has 1 heterocycles. The SMILES string of the molecule is CCNC1COCC1C(=O)Nc1ccccc1C(C)(C)C. The molecule has 4 nitrogen and oxygen atoms in total. The number of rotatable bonds is 4. The minimum atomic E-state index is -0.127. The Morgan fingerprint density at radius 3 is 2.67 bits per heavy atom. The smallest absolute Gasteiger partial charge is 0.231 e. The van der Waals surface area contributed by atoms with E-state index in [0.717, 1.165) is 17.8 Å². The van der Waals surface area contributed by atoms with Gasteiger partial charge in [0.15, 0.2) is 0 Å². The minimum Gasteiger partial charge on any atom is -0.379 e. The Kier molecular flexibility index (Phi) is 5.01. The van der Waals surface area contributed by atoms with Crippen LogP contribution in [0.1, 0.15) is 33.3 Å². The fourth-order valence-electron chi connectivity index (χ4n) is 2.75. The number of likely N-dealkylation sites (N-methyl/N-ethyl adjacent to an activating group) is 1. The standard InChI is InChI=1S/C17H26N2O2/c1-5-18-15-11-21-10-12(15)16(20)19-14-9-7-6-8-13(14)17(2,3)4/h6-9,12,15,18H,5,10-11H2,1-4H3,(H,19,20). The van der Waals surface area contributed by atoms with E-state index in [1.807, 2.05) is 25.1 Å². The zero-order chi connectivity index (χ0) is 15.5. The van der Waals surface area contributed by atoms with Crippen molar-refractivity contribution >= 4 is 11.6 Å². The second-order valence-corrected chi connectivity index (χ2v) is 6.59. The van der Waals surface area contributed by atoms with Gasteiger partial charge in [-0.25, -0.2) is 0 Å². The predicted octanol–water partition coefficient (Wildman–Crippen LogP) is 2.55. The van der Waals surface area contributed by atoms with Gasteiger partial charge in [0.25, 0.3) is 0 Å². The number of anilines is 1. The molecule has 1 aliphatic rings. The van der Waals surface area contributed by atoms with Gasteiger partial charge >= 0.3 is 0 Å². The van der Waals surface area contributed by atoms with Crippen LogP contribution in [0.2, 0.25) is 0 Å². The second kappa shape index (κ2) is 6.58. The summed E-state index contributed by atoms with van der Waals surface area (Å²) < 4.78 is 5.46. The van der Waals surface area contributed by atoms with Crippen LogP contribution in [0, 0.1) is 5.92 Å². The van der Waals surface area contributed by atoms with Crippen LogP contribution in [0.15, 0.2) is 24.3 Å². The molecule has 1 amide bonds. The molecule has 0 aromatic heterocycles. The summed E-state index contributed by atoms with van der Waals surface area (Å²) in [4.78, 5) is 12.5. The largest absolute Gasteiger partial charge is 0.379 e. The molecular weight excluding hydrogens is 264 g/mol. The van der Waals surface area contributed by atoms with E-state index >= 15 is 0 Å². The molecule has 1 aromatic rings. The van der Waals surface area contributed by atoms with Crippen molar-refractivity contribution in [3.63, 3.8) is 0 Å². The van der Waals surface area contributed by atoms with Crippen molar-refractivity contribution in [1.82, 2.24) is 5.32 Å². The van der Waals surface area contributed by atoms with Crippen molar-refractivity contribution in [3.8, 4) is 0 Å². The van der Waals surface area contributed by atoms with Crippen LogP contribution < -0.4 is 10.6 Å². The van der Waals surface area contributed by atoms with Gasteiger partial charge in [-0.1, -0.05) is 45.9 Å². The fraction of sp³-hybridized carbons (Fsp3) is 0.588. The molecule has 1 fully saturated rings. The molecule has 0 bridgehead atoms. The molecule has 2 N–H and O–H groups in total. The lowest BCUT2D eigenvalue weighted by Gasteiger charge is -2.24. The first kappa shape index (κ1) is 16.0. The van der Waals surface area contributed by atoms with Crippen molar-refractivity contribution in [2.24, 2.45) is 5.92 Å². The average Bonchev–Trinajstić information content (AvgIpc) is 2.87. The molecule has 1 saturated heterocycles. The maximum atomic E-state index is 12.5. The molecule has 21 heavy (non-hydrogen) atoms. The molecule has 1 aromatic carbocycles. The van der Waals surface area contributed by atoms with Crippen LogP contribution in [0.5, 0.6) is 0 Å². The summed E-state index contributed by atoms with van der Waals surface area (Å²) in [5.74, 6) is -0.0897. The third kappa shape index (κ3) is 3.83. The van der Waals surface area contributed by atoms with Crippen LogP contribution in [-0.2, 0) is 14.9 Å². The summed E-state index contributed by atoms with van der Waals surface area (Å²) in [6.07, 6.45) is 0. The number of carbonyl (C=O) groups is 1. The first-order valence-electron chi connectivity index (χ1n) is 7.65. The third-order valence-corrected chi connectivity index (χ3v) is 3.88. The van der Waals surface area contributed by atoms with Gasteiger partial charge in [0.1, 0.15) is 0 Å². The molecular formula is C17H26N2O2. The highest BCUT2D eigenvalue weighted by atomic mass is 16.5. The number of ether oxygens (including phenoxy) is 1. The van der Waals surface area contributed by atoms with Gasteiger partial charge in [-0.3, -0.25) is 4.79 Å². The van der Waals surface area contributed by atoms with Gasteiger partial charge in [0.05, 0.1) is 19.1 Å². The summed E-state index contributed by atoms with van der Waals surface area (Å²) in [5.41, 5.74) is 2.05. The Morgan fingerprint density at radius 2 is 2.00 bits per heavy atom. The Bertz CT molecular complexity index is 494. The normalized spacial score (nSPS) is 22.3. The second-order valence-electron chi connectivity index (χ2n) is 6.59. The number of carbonyl (C=O) groups excluding carboxylic acids is 1. The van der Waals surface area contributed by atoms with Crippen molar-refractivity contribution in [1.29, 1.82) is 0 Å². The molecule has 2 unspecified atom stereocenters. The van der Waals surface area contributed by atoms with Crippen LogP contribution >= 0.6 is 0 Å². The lowest BCUT2D eigenvalue weighted by Crippen LogP contribution is -2.41. The highest BCUT2D eigenvalue weighted by Crippen LogP contribution is 2.30. The molecule has 2 rings (SSSR count). The van der Waals surface area contributed by atoms with Crippen molar-refractivity contribution in [2.75, 3.05) is 25.1 Å². The highest BCUT2D eigenvalue weighted by molar-refractivity contribution is 5.94. The number of amides is 1. The van der Waals surface area contributed by atoms with Crippen molar-refractivity contribution in [2.45, 2.75) is 39.2 Å². The molecule has 2 atom stereocenters. The first-order chi connectivity index (χ1) is 9.93. The summed E-state index contributed by atoms with van der Waals surface area (Å²) in [7, 11) is 0. The van der Waals surface area contributed by atoms with E-state index in [0.29, 0.717) is 13.2 Å². The summed E-state index contributed by atoms with van der Waals surface area (Å²) in [6.45, 7) is 10.4. The number of hydrogen-bond donors (Lipinski definition) is 2. The Morgan fingerprint density at radius 1 is 1.29 bits per heavy atom. The molecule has 1 aliphatic heterocycles. The zero-order valence-electron chi connectivity index (χ0n) is 13.4. The van der Waals surface area contributed by atoms with E-state index in [1.165, 1.54) is 0 Å². The molecule has 0 spiro atoms. The average molecular weight is 290 g/mol. The number of benzene rings is 1. The lowest BCUT2D eigenvalue weighted by molar-refractivity contribution is -0.120. The van der Waals surface area contributed by atoms with Crippen LogP contribution in [0.3, 0.4) is 0 Å². The minimum absolute atomic E-state index is 0.00286. The molecule has 116 valence electrons. The monoisotopic (exact) mass is 290 g/mol. The van der Waals surface area contributed by atoms with Crippen LogP contribution in [0.25, 0.3) is 0 Å². The Labute approximate surface area is 127 Å². The van der Waals surface area contributed by atoms with Gasteiger partial charge in [-0.2, -0.15) is 0 Å². The highest BCUT2D eigenvalue weighted by Gasteiger charge is 2.34. The number of para-hydroxylation sites is 1. The predicted molar refractivity (Wildman–Crippen MR) is 85.5 cm³/mol. The van der Waals surface area contributed by atoms with E-state index in [2.05, 4.69) is 37.5 Å². The van der Waals surface area contributed by atoms with E-state index < -0.39 is 0 Å². The first-order valence-corrected chi connectivity index (χ1v) is 7.65. The Balaban J connectivity index is 2.13. The maximum absolute atomic E-state index is 12.5. The topological polar surface area (TPSA) is 50.4 Å². The van der Waals surface area contributed by atoms with Crippen molar-refractivity contribution in [3.05, 3.63) is 29.8 Å². The third-order valence-electron chi connectivity index (χ3n) is 3.88. The molecule has 4 heteroatoms. The van der Waals surface area contributed by atoms with Gasteiger partial charge in [0, 0.05) is 11.7 Å². The van der Waals surface area contributed by atoms with Gasteiger partial charge in [0.2, 0.25) is 5.91 Å². The fourth-order valence-corrected chi connectivity index (χ4v) is 2.75. The summed E-state index contributed by atoms with van der Waals surface area (Å²) in [5, 5.41) is 6.41. The molecule has 0 radical (unpaired) electrons. The number of nitrogens with one attached hydrogen (secondary N) is 2. The van der Waals surface area contributed by atoms with E-state index in [9.17, 15) is 4.79 Å². The van der Waals surface area contributed by atoms with Gasteiger partial charge < -0.3 is 15.4 Å². The Hall–Kier alpha value is -1.39. The van der Waals surface area contributed by atoms with Crippen LogP contribution in [-0.4, -0.2) is 31.7 Å². The lowest BCUT2D eigenvalue weighted by atomic mass is 9.85. The maximum Gasteiger partial charge on any atom is 0.231 e. The quantitative estimate of drug-likeness (QED) is 0.896. The van der Waals surface area contributed by atoms with E-state index in [4.69, 9.17) is 4.74 Å². The molecule has 0 aliphatic carbocycles. The zero-order valence-corrected chi connectivity index (χ0v) is 13.4. The van der Waals surface area contributed by atoms with Crippen LogP contribution in [0.4, 0.5) is 5.69 Å². The molecule has 0 saturated carbocycles.